The first kappa shape index (κ1) is 23.6. The Kier molecular flexibility index (Phi) is 4.99. The molecule has 4 heterocycles. The molecule has 0 N–H and O–H groups in total. The van der Waals surface area contributed by atoms with Gasteiger partial charge in [0.2, 0.25) is 5.76 Å². The molecule has 1 atom stereocenters. The van der Waals surface area contributed by atoms with Crippen molar-refractivity contribution in [2.75, 3.05) is 23.0 Å². The summed E-state index contributed by atoms with van der Waals surface area (Å²) < 4.78 is 12.6. The van der Waals surface area contributed by atoms with E-state index in [0.717, 1.165) is 10.3 Å². The highest BCUT2D eigenvalue weighted by atomic mass is 32.1. The standard InChI is InChI=1S/C30H23N3O5S/c1-4-32-21-9-7-6-8-19(21)30(28(32)36)24-25(34)18-14-16(3)10-13-22(18)38-26(24)27(35)33(30)29-31-20-12-11-17(37-5-2)15-23(20)39-29/h6-15H,4-5H2,1-3H3. The molecule has 2 aromatic heterocycles. The van der Waals surface area contributed by atoms with Crippen LogP contribution in [0.25, 0.3) is 21.2 Å². The lowest BCUT2D eigenvalue weighted by atomic mass is 9.84. The zero-order chi connectivity index (χ0) is 27.1. The minimum atomic E-state index is -1.74. The normalized spacial score (nSPS) is 18.0. The average molecular weight is 538 g/mol. The largest absolute Gasteiger partial charge is 0.494 e. The lowest BCUT2D eigenvalue weighted by Gasteiger charge is -2.32. The summed E-state index contributed by atoms with van der Waals surface area (Å²) in [5.41, 5.74) is 0.926. The maximum Gasteiger partial charge on any atom is 0.297 e. The van der Waals surface area contributed by atoms with Gasteiger partial charge in [-0.2, -0.15) is 0 Å². The van der Waals surface area contributed by atoms with Gasteiger partial charge in [0.1, 0.15) is 11.3 Å². The van der Waals surface area contributed by atoms with Gasteiger partial charge in [-0.1, -0.05) is 41.2 Å². The summed E-state index contributed by atoms with van der Waals surface area (Å²) in [5.74, 6) is -0.405. The Hall–Kier alpha value is -4.50. The summed E-state index contributed by atoms with van der Waals surface area (Å²) in [6.45, 7) is 6.54. The summed E-state index contributed by atoms with van der Waals surface area (Å²) >= 11 is 1.27. The number of amides is 2. The fraction of sp³-hybridized carbons (Fsp3) is 0.200. The van der Waals surface area contributed by atoms with Crippen molar-refractivity contribution < 1.29 is 18.7 Å². The first-order chi connectivity index (χ1) is 18.9. The Morgan fingerprint density at radius 3 is 2.64 bits per heavy atom. The van der Waals surface area contributed by atoms with Gasteiger partial charge in [0.25, 0.3) is 11.8 Å². The third-order valence-electron chi connectivity index (χ3n) is 7.45. The quantitative estimate of drug-likeness (QED) is 0.306. The molecular weight excluding hydrogens is 514 g/mol. The Morgan fingerprint density at radius 2 is 1.85 bits per heavy atom. The van der Waals surface area contributed by atoms with Crippen molar-refractivity contribution in [1.29, 1.82) is 0 Å². The number of anilines is 2. The van der Waals surface area contributed by atoms with Gasteiger partial charge >= 0.3 is 0 Å². The monoisotopic (exact) mass is 537 g/mol. The topological polar surface area (TPSA) is 93.0 Å². The summed E-state index contributed by atoms with van der Waals surface area (Å²) in [5, 5.41) is 0.629. The van der Waals surface area contributed by atoms with Crippen molar-refractivity contribution in [3.8, 4) is 5.75 Å². The van der Waals surface area contributed by atoms with E-state index in [1.165, 1.54) is 16.2 Å². The van der Waals surface area contributed by atoms with E-state index < -0.39 is 16.9 Å². The summed E-state index contributed by atoms with van der Waals surface area (Å²) in [4.78, 5) is 50.8. The van der Waals surface area contributed by atoms with E-state index in [9.17, 15) is 14.4 Å². The number of thiazole rings is 1. The molecule has 0 aliphatic carbocycles. The molecular formula is C30H23N3O5S. The highest BCUT2D eigenvalue weighted by Gasteiger charge is 2.66. The number of aryl methyl sites for hydroxylation is 1. The van der Waals surface area contributed by atoms with E-state index in [1.54, 1.807) is 23.1 Å². The summed E-state index contributed by atoms with van der Waals surface area (Å²) in [7, 11) is 0. The second-order valence-corrected chi connectivity index (χ2v) is 10.6. The molecule has 0 saturated carbocycles. The Bertz CT molecular complexity index is 1930. The molecule has 0 bridgehead atoms. The fourth-order valence-electron chi connectivity index (χ4n) is 5.84. The van der Waals surface area contributed by atoms with Gasteiger partial charge in [0.05, 0.1) is 33.5 Å². The summed E-state index contributed by atoms with van der Waals surface area (Å²) in [6, 6.07) is 18.0. The van der Waals surface area contributed by atoms with Gasteiger partial charge in [0.15, 0.2) is 16.1 Å². The molecule has 194 valence electrons. The molecule has 0 fully saturated rings. The second-order valence-electron chi connectivity index (χ2n) is 9.61. The van der Waals surface area contributed by atoms with Crippen LogP contribution in [0.2, 0.25) is 0 Å². The zero-order valence-electron chi connectivity index (χ0n) is 21.5. The molecule has 9 heteroatoms. The number of nitrogens with zero attached hydrogens (tertiary/aromatic N) is 3. The van der Waals surface area contributed by atoms with E-state index in [0.29, 0.717) is 51.8 Å². The SMILES string of the molecule is CCOc1ccc2nc(N3C(=O)c4oc5ccc(C)cc5c(=O)c4C34C(=O)N(CC)c3ccccc34)sc2c1. The van der Waals surface area contributed by atoms with Crippen molar-refractivity contribution >= 4 is 55.2 Å². The molecule has 3 aromatic carbocycles. The first-order valence-corrected chi connectivity index (χ1v) is 13.6. The number of benzene rings is 3. The predicted molar refractivity (Wildman–Crippen MR) is 150 cm³/mol. The molecule has 1 spiro atoms. The van der Waals surface area contributed by atoms with Crippen LogP contribution in [0.3, 0.4) is 0 Å². The van der Waals surface area contributed by atoms with E-state index >= 15 is 0 Å². The first-order valence-electron chi connectivity index (χ1n) is 12.8. The molecule has 2 aliphatic heterocycles. The van der Waals surface area contributed by atoms with Crippen LogP contribution in [0.4, 0.5) is 10.8 Å². The lowest BCUT2D eigenvalue weighted by molar-refractivity contribution is -0.121. The molecule has 0 saturated heterocycles. The minimum Gasteiger partial charge on any atom is -0.494 e. The molecule has 5 aromatic rings. The average Bonchev–Trinajstić information content (AvgIpc) is 3.54. The van der Waals surface area contributed by atoms with E-state index in [4.69, 9.17) is 14.1 Å². The van der Waals surface area contributed by atoms with Crippen LogP contribution in [0, 0.1) is 6.92 Å². The van der Waals surface area contributed by atoms with Gasteiger partial charge < -0.3 is 14.1 Å². The number of hydrogen-bond donors (Lipinski definition) is 0. The summed E-state index contributed by atoms with van der Waals surface area (Å²) in [6.07, 6.45) is 0. The Morgan fingerprint density at radius 1 is 1.03 bits per heavy atom. The number of aromatic nitrogens is 1. The highest BCUT2D eigenvalue weighted by molar-refractivity contribution is 7.22. The molecule has 1 unspecified atom stereocenters. The smallest absolute Gasteiger partial charge is 0.297 e. The lowest BCUT2D eigenvalue weighted by Crippen LogP contribution is -2.53. The maximum absolute atomic E-state index is 14.5. The number of rotatable bonds is 4. The van der Waals surface area contributed by atoms with E-state index in [2.05, 4.69) is 0 Å². The highest BCUT2D eigenvalue weighted by Crippen LogP contribution is 2.54. The third kappa shape index (κ3) is 2.99. The maximum atomic E-state index is 14.5. The van der Waals surface area contributed by atoms with Crippen molar-refractivity contribution in [3.05, 3.63) is 93.3 Å². The number of para-hydroxylation sites is 1. The zero-order valence-corrected chi connectivity index (χ0v) is 22.3. The second kappa shape index (κ2) is 8.25. The van der Waals surface area contributed by atoms with Crippen molar-refractivity contribution in [2.24, 2.45) is 0 Å². The van der Waals surface area contributed by atoms with Crippen LogP contribution in [-0.4, -0.2) is 29.9 Å². The Labute approximate surface area is 227 Å². The number of carbonyl (C=O) groups excluding carboxylic acids is 2. The molecule has 7 rings (SSSR count). The van der Waals surface area contributed by atoms with Crippen molar-refractivity contribution in [2.45, 2.75) is 26.3 Å². The van der Waals surface area contributed by atoms with Crippen molar-refractivity contribution in [1.82, 2.24) is 4.98 Å². The number of carbonyl (C=O) groups is 2. The van der Waals surface area contributed by atoms with Crippen LogP contribution in [0.1, 0.15) is 41.1 Å². The number of hydrogen-bond acceptors (Lipinski definition) is 7. The molecule has 2 amide bonds. The fourth-order valence-corrected chi connectivity index (χ4v) is 6.88. The van der Waals surface area contributed by atoms with Gasteiger partial charge in [-0.05, 0) is 57.2 Å². The third-order valence-corrected chi connectivity index (χ3v) is 8.45. The molecule has 0 radical (unpaired) electrons. The number of ether oxygens (including phenoxy) is 1. The van der Waals surface area contributed by atoms with Gasteiger partial charge in [-0.15, -0.1) is 0 Å². The number of fused-ring (bicyclic) bond motifs is 6. The molecule has 8 nitrogen and oxygen atoms in total. The van der Waals surface area contributed by atoms with Crippen LogP contribution in [0.5, 0.6) is 5.75 Å². The molecule has 2 aliphatic rings. The van der Waals surface area contributed by atoms with Crippen molar-refractivity contribution in [3.63, 3.8) is 0 Å². The minimum absolute atomic E-state index is 0.0354. The van der Waals surface area contributed by atoms with E-state index in [1.807, 2.05) is 63.2 Å². The number of likely N-dealkylation sites (N-methyl/N-ethyl adjacent to an activating group) is 1. The van der Waals surface area contributed by atoms with E-state index in [-0.39, 0.29) is 17.2 Å². The predicted octanol–water partition coefficient (Wildman–Crippen LogP) is 5.38. The van der Waals surface area contributed by atoms with Gasteiger partial charge in [-0.3, -0.25) is 19.3 Å². The van der Waals surface area contributed by atoms with Crippen LogP contribution >= 0.6 is 11.3 Å². The van der Waals surface area contributed by atoms with Gasteiger partial charge in [0, 0.05) is 12.1 Å². The molecule has 39 heavy (non-hydrogen) atoms. The van der Waals surface area contributed by atoms with Crippen LogP contribution < -0.4 is 20.0 Å². The van der Waals surface area contributed by atoms with Gasteiger partial charge in [-0.25, -0.2) is 4.98 Å². The Balaban J connectivity index is 1.58. The van der Waals surface area contributed by atoms with Crippen LogP contribution in [0.15, 0.2) is 69.9 Å². The van der Waals surface area contributed by atoms with Crippen LogP contribution in [-0.2, 0) is 10.3 Å².